The second kappa shape index (κ2) is 9.54. The molecule has 0 bridgehead atoms. The number of aryl methyl sites for hydroxylation is 1. The fraction of sp³-hybridized carbons (Fsp3) is 0.381. The van der Waals surface area contributed by atoms with Crippen molar-refractivity contribution in [2.45, 2.75) is 30.7 Å². The maximum absolute atomic E-state index is 12.7. The average Bonchev–Trinajstić information content (AvgIpc) is 3.20. The average molecular weight is 423 g/mol. The molecule has 1 aliphatic rings. The van der Waals surface area contributed by atoms with E-state index in [2.05, 4.69) is 17.6 Å². The standard InChI is InChI=1S/C21H26N2O3S.ClH/c1-3-15-7-9-16(10-8-15)20(23-21(24)18-11-12-22-14-18)17-5-4-6-19(13-17)27(2,25)26;/h4-10,13,18,20,22H,3,11-12,14H2,1-2H3,(H,23,24);1H. The van der Waals surface area contributed by atoms with Crippen LogP contribution in [0.5, 0.6) is 0 Å². The molecular weight excluding hydrogens is 396 g/mol. The van der Waals surface area contributed by atoms with Gasteiger partial charge in [0.2, 0.25) is 5.91 Å². The van der Waals surface area contributed by atoms with Gasteiger partial charge in [-0.3, -0.25) is 4.79 Å². The van der Waals surface area contributed by atoms with Crippen LogP contribution in [0.25, 0.3) is 0 Å². The quantitative estimate of drug-likeness (QED) is 0.750. The van der Waals surface area contributed by atoms with Crippen molar-refractivity contribution < 1.29 is 13.2 Å². The van der Waals surface area contributed by atoms with Crippen molar-refractivity contribution in [3.8, 4) is 0 Å². The Morgan fingerprint density at radius 1 is 1.18 bits per heavy atom. The molecule has 1 aliphatic heterocycles. The summed E-state index contributed by atoms with van der Waals surface area (Å²) in [6.45, 7) is 3.62. The molecule has 152 valence electrons. The minimum absolute atomic E-state index is 0. The Morgan fingerprint density at radius 2 is 1.89 bits per heavy atom. The van der Waals surface area contributed by atoms with Crippen molar-refractivity contribution in [3.63, 3.8) is 0 Å². The van der Waals surface area contributed by atoms with E-state index in [4.69, 9.17) is 0 Å². The lowest BCUT2D eigenvalue weighted by molar-refractivity contribution is -0.124. The number of carbonyl (C=O) groups excluding carboxylic acids is 1. The molecule has 0 aromatic heterocycles. The summed E-state index contributed by atoms with van der Waals surface area (Å²) in [7, 11) is -3.32. The highest BCUT2D eigenvalue weighted by atomic mass is 35.5. The molecule has 0 radical (unpaired) electrons. The van der Waals surface area contributed by atoms with Gasteiger partial charge in [0, 0.05) is 12.8 Å². The maximum atomic E-state index is 12.7. The topological polar surface area (TPSA) is 75.3 Å². The fourth-order valence-electron chi connectivity index (χ4n) is 3.37. The van der Waals surface area contributed by atoms with Crippen molar-refractivity contribution in [2.24, 2.45) is 5.92 Å². The lowest BCUT2D eigenvalue weighted by atomic mass is 9.96. The van der Waals surface area contributed by atoms with Crippen LogP contribution in [0.3, 0.4) is 0 Å². The van der Waals surface area contributed by atoms with Crippen LogP contribution >= 0.6 is 12.4 Å². The normalized spacial score (nSPS) is 17.6. The lowest BCUT2D eigenvalue weighted by Gasteiger charge is -2.22. The van der Waals surface area contributed by atoms with Crippen molar-refractivity contribution in [3.05, 3.63) is 65.2 Å². The van der Waals surface area contributed by atoms with E-state index < -0.39 is 9.84 Å². The summed E-state index contributed by atoms with van der Waals surface area (Å²) in [5, 5.41) is 6.34. The zero-order chi connectivity index (χ0) is 19.4. The summed E-state index contributed by atoms with van der Waals surface area (Å²) in [5.74, 6) is -0.0603. The van der Waals surface area contributed by atoms with Crippen molar-refractivity contribution in [1.82, 2.24) is 10.6 Å². The van der Waals surface area contributed by atoms with Crippen LogP contribution in [0.15, 0.2) is 53.4 Å². The minimum atomic E-state index is -3.32. The summed E-state index contributed by atoms with van der Waals surface area (Å²) in [6, 6.07) is 14.5. The third kappa shape index (κ3) is 5.34. The summed E-state index contributed by atoms with van der Waals surface area (Å²) >= 11 is 0. The van der Waals surface area contributed by atoms with Gasteiger partial charge in [0.05, 0.1) is 16.9 Å². The monoisotopic (exact) mass is 422 g/mol. The number of rotatable bonds is 6. The second-order valence-corrected chi connectivity index (χ2v) is 9.09. The molecule has 7 heteroatoms. The Balaban J connectivity index is 0.00000280. The highest BCUT2D eigenvalue weighted by Gasteiger charge is 2.26. The van der Waals surface area contributed by atoms with Gasteiger partial charge >= 0.3 is 0 Å². The number of benzene rings is 2. The van der Waals surface area contributed by atoms with E-state index in [0.717, 1.165) is 30.5 Å². The lowest BCUT2D eigenvalue weighted by Crippen LogP contribution is -2.35. The zero-order valence-electron chi connectivity index (χ0n) is 16.1. The third-order valence-corrected chi connectivity index (χ3v) is 6.17. The van der Waals surface area contributed by atoms with Crippen molar-refractivity contribution in [2.75, 3.05) is 19.3 Å². The SMILES string of the molecule is CCc1ccc(C(NC(=O)C2CCNC2)c2cccc(S(C)(=O)=O)c2)cc1.Cl. The van der Waals surface area contributed by atoms with Crippen molar-refractivity contribution in [1.29, 1.82) is 0 Å². The fourth-order valence-corrected chi connectivity index (χ4v) is 4.04. The largest absolute Gasteiger partial charge is 0.345 e. The van der Waals surface area contributed by atoms with Crippen LogP contribution in [0.4, 0.5) is 0 Å². The van der Waals surface area contributed by atoms with E-state index in [1.54, 1.807) is 18.2 Å². The second-order valence-electron chi connectivity index (χ2n) is 7.07. The van der Waals surface area contributed by atoms with Gasteiger partial charge in [0.25, 0.3) is 0 Å². The number of hydrogen-bond acceptors (Lipinski definition) is 4. The molecule has 0 aliphatic carbocycles. The third-order valence-electron chi connectivity index (χ3n) is 5.06. The van der Waals surface area contributed by atoms with Crippen LogP contribution in [0.1, 0.15) is 36.1 Å². The summed E-state index contributed by atoms with van der Waals surface area (Å²) in [6.07, 6.45) is 2.95. The van der Waals surface area contributed by atoms with Gasteiger partial charge in [-0.05, 0) is 48.2 Å². The van der Waals surface area contributed by atoms with Gasteiger partial charge in [-0.2, -0.15) is 0 Å². The molecule has 1 amide bonds. The van der Waals surface area contributed by atoms with E-state index in [1.807, 2.05) is 30.3 Å². The molecule has 2 aromatic carbocycles. The van der Waals surface area contributed by atoms with E-state index in [1.165, 1.54) is 11.8 Å². The summed E-state index contributed by atoms with van der Waals surface area (Å²) in [5.41, 5.74) is 2.92. The molecule has 2 atom stereocenters. The Hall–Kier alpha value is -1.89. The van der Waals surface area contributed by atoms with Crippen LogP contribution < -0.4 is 10.6 Å². The maximum Gasteiger partial charge on any atom is 0.225 e. The summed E-state index contributed by atoms with van der Waals surface area (Å²) < 4.78 is 23.9. The molecule has 1 saturated heterocycles. The van der Waals surface area contributed by atoms with E-state index in [0.29, 0.717) is 6.54 Å². The highest BCUT2D eigenvalue weighted by molar-refractivity contribution is 7.90. The number of amides is 1. The molecule has 2 N–H and O–H groups in total. The molecule has 0 spiro atoms. The predicted octanol–water partition coefficient (Wildman–Crippen LogP) is 2.89. The van der Waals surface area contributed by atoms with Gasteiger partial charge in [-0.15, -0.1) is 12.4 Å². The predicted molar refractivity (Wildman–Crippen MR) is 114 cm³/mol. The number of halogens is 1. The van der Waals surface area contributed by atoms with E-state index in [-0.39, 0.29) is 35.2 Å². The van der Waals surface area contributed by atoms with Gasteiger partial charge in [0.15, 0.2) is 9.84 Å². The summed E-state index contributed by atoms with van der Waals surface area (Å²) in [4.78, 5) is 13.0. The molecule has 0 saturated carbocycles. The molecule has 5 nitrogen and oxygen atoms in total. The molecule has 2 aromatic rings. The minimum Gasteiger partial charge on any atom is -0.345 e. The molecule has 3 rings (SSSR count). The molecule has 1 heterocycles. The molecule has 1 fully saturated rings. The van der Waals surface area contributed by atoms with Gasteiger partial charge in [-0.1, -0.05) is 43.3 Å². The Morgan fingerprint density at radius 3 is 2.46 bits per heavy atom. The van der Waals surface area contributed by atoms with Gasteiger partial charge < -0.3 is 10.6 Å². The van der Waals surface area contributed by atoms with Crippen LogP contribution in [-0.2, 0) is 21.1 Å². The first-order chi connectivity index (χ1) is 12.9. The van der Waals surface area contributed by atoms with Crippen LogP contribution in [-0.4, -0.2) is 33.7 Å². The van der Waals surface area contributed by atoms with Gasteiger partial charge in [-0.25, -0.2) is 8.42 Å². The Labute approximate surface area is 173 Å². The van der Waals surface area contributed by atoms with E-state index >= 15 is 0 Å². The highest BCUT2D eigenvalue weighted by Crippen LogP contribution is 2.26. The van der Waals surface area contributed by atoms with Crippen LogP contribution in [0, 0.1) is 5.92 Å². The van der Waals surface area contributed by atoms with E-state index in [9.17, 15) is 13.2 Å². The number of nitrogens with one attached hydrogen (secondary N) is 2. The first kappa shape index (κ1) is 22.4. The zero-order valence-corrected chi connectivity index (χ0v) is 17.8. The Kier molecular flexibility index (Phi) is 7.63. The number of hydrogen-bond donors (Lipinski definition) is 2. The van der Waals surface area contributed by atoms with Crippen LogP contribution in [0.2, 0.25) is 0 Å². The molecule has 2 unspecified atom stereocenters. The first-order valence-corrected chi connectivity index (χ1v) is 11.2. The first-order valence-electron chi connectivity index (χ1n) is 9.28. The van der Waals surface area contributed by atoms with Gasteiger partial charge in [0.1, 0.15) is 0 Å². The molecular formula is C21H27ClN2O3S. The smallest absolute Gasteiger partial charge is 0.225 e. The Bertz CT molecular complexity index is 908. The molecule has 28 heavy (non-hydrogen) atoms. The van der Waals surface area contributed by atoms with Crippen molar-refractivity contribution >= 4 is 28.2 Å². The number of sulfone groups is 1. The number of carbonyl (C=O) groups is 1.